The van der Waals surface area contributed by atoms with Crippen molar-refractivity contribution >= 4 is 39.1 Å². The first kappa shape index (κ1) is 20.9. The molecule has 1 atom stereocenters. The number of nitrogens with one attached hydrogen (secondary N) is 2. The van der Waals surface area contributed by atoms with Crippen molar-refractivity contribution < 1.29 is 4.79 Å². The second-order valence-corrected chi connectivity index (χ2v) is 9.41. The van der Waals surface area contributed by atoms with Crippen LogP contribution in [0.3, 0.4) is 0 Å². The van der Waals surface area contributed by atoms with Crippen molar-refractivity contribution in [2.45, 2.75) is 39.2 Å². The fourth-order valence-electron chi connectivity index (χ4n) is 2.94. The van der Waals surface area contributed by atoms with Crippen LogP contribution in [0.2, 0.25) is 0 Å². The molecule has 0 bridgehead atoms. The van der Waals surface area contributed by atoms with Crippen LogP contribution in [0.25, 0.3) is 11.0 Å². The van der Waals surface area contributed by atoms with Gasteiger partial charge in [0.2, 0.25) is 0 Å². The minimum Gasteiger partial charge on any atom is -0.343 e. The molecule has 0 radical (unpaired) electrons. The first-order valence-corrected chi connectivity index (χ1v) is 10.7. The number of thiazole rings is 1. The van der Waals surface area contributed by atoms with E-state index in [1.165, 1.54) is 11.3 Å². The number of carbonyl (C=O) groups is 1. The molecule has 4 rings (SSSR count). The predicted octanol–water partition coefficient (Wildman–Crippen LogP) is 3.75. The molecule has 1 amide bonds. The van der Waals surface area contributed by atoms with Crippen molar-refractivity contribution in [1.29, 1.82) is 0 Å². The molecule has 9 nitrogen and oxygen atoms in total. The molecule has 0 saturated heterocycles. The number of aromatic nitrogens is 6. The van der Waals surface area contributed by atoms with E-state index in [4.69, 9.17) is 0 Å². The van der Waals surface area contributed by atoms with Crippen molar-refractivity contribution in [3.8, 4) is 0 Å². The van der Waals surface area contributed by atoms with E-state index in [1.54, 1.807) is 37.2 Å². The quantitative estimate of drug-likeness (QED) is 0.490. The van der Waals surface area contributed by atoms with E-state index >= 15 is 0 Å². The lowest BCUT2D eigenvalue weighted by Crippen LogP contribution is -2.26. The lowest BCUT2D eigenvalue weighted by Gasteiger charge is -2.16. The van der Waals surface area contributed by atoms with Gasteiger partial charge in [-0.3, -0.25) is 4.79 Å². The second kappa shape index (κ2) is 8.03. The number of imidazole rings is 1. The van der Waals surface area contributed by atoms with Gasteiger partial charge in [0.25, 0.3) is 5.91 Å². The van der Waals surface area contributed by atoms with Crippen molar-refractivity contribution in [2.75, 3.05) is 5.32 Å². The van der Waals surface area contributed by atoms with Crippen LogP contribution in [0.15, 0.2) is 37.2 Å². The third-order valence-electron chi connectivity index (χ3n) is 4.72. The van der Waals surface area contributed by atoms with E-state index in [9.17, 15) is 4.79 Å². The summed E-state index contributed by atoms with van der Waals surface area (Å²) in [5, 5.41) is 6.90. The lowest BCUT2D eigenvalue weighted by atomic mass is 9.96. The molecule has 4 aromatic rings. The van der Waals surface area contributed by atoms with Crippen LogP contribution in [0.1, 0.15) is 54.9 Å². The SMILES string of the molecule is C[C@H](NC(=O)c1cc2c(cn1)ncn2C)c1cnc(Nc2cnc(C(C)(C)C)nc2)s1. The summed E-state index contributed by atoms with van der Waals surface area (Å²) in [7, 11) is 1.88. The molecule has 2 N–H and O–H groups in total. The molecule has 0 saturated carbocycles. The summed E-state index contributed by atoms with van der Waals surface area (Å²) in [6, 6.07) is 1.52. The number of hydrogen-bond acceptors (Lipinski definition) is 8. The van der Waals surface area contributed by atoms with Gasteiger partial charge in [-0.25, -0.2) is 24.9 Å². The molecule has 0 unspecified atom stereocenters. The largest absolute Gasteiger partial charge is 0.343 e. The summed E-state index contributed by atoms with van der Waals surface area (Å²) in [5.74, 6) is 0.539. The molecule has 4 aromatic heterocycles. The zero-order chi connectivity index (χ0) is 22.2. The third kappa shape index (κ3) is 4.53. The van der Waals surface area contributed by atoms with Crippen molar-refractivity contribution in [2.24, 2.45) is 7.05 Å². The zero-order valence-corrected chi connectivity index (χ0v) is 18.9. The second-order valence-electron chi connectivity index (χ2n) is 8.35. The average Bonchev–Trinajstić information content (AvgIpc) is 3.34. The Bertz CT molecular complexity index is 1220. The summed E-state index contributed by atoms with van der Waals surface area (Å²) in [5.41, 5.74) is 2.62. The van der Waals surface area contributed by atoms with Crippen LogP contribution in [0.5, 0.6) is 0 Å². The number of aryl methyl sites for hydroxylation is 1. The summed E-state index contributed by atoms with van der Waals surface area (Å²) < 4.78 is 1.86. The van der Waals surface area contributed by atoms with Crippen LogP contribution in [0, 0.1) is 0 Å². The third-order valence-corrected chi connectivity index (χ3v) is 5.81. The minimum absolute atomic E-state index is 0.101. The van der Waals surface area contributed by atoms with Crippen LogP contribution < -0.4 is 10.6 Å². The molecule has 0 aliphatic carbocycles. The Morgan fingerprint density at radius 1 is 1.06 bits per heavy atom. The molecule has 10 heteroatoms. The van der Waals surface area contributed by atoms with E-state index in [-0.39, 0.29) is 17.4 Å². The maximum Gasteiger partial charge on any atom is 0.270 e. The molecule has 0 aromatic carbocycles. The smallest absolute Gasteiger partial charge is 0.270 e. The Morgan fingerprint density at radius 3 is 2.52 bits per heavy atom. The molecule has 160 valence electrons. The summed E-state index contributed by atoms with van der Waals surface area (Å²) >= 11 is 1.46. The molecular weight excluding hydrogens is 412 g/mol. The van der Waals surface area contributed by atoms with Gasteiger partial charge in [0.15, 0.2) is 5.13 Å². The number of anilines is 2. The summed E-state index contributed by atoms with van der Waals surface area (Å²) in [6.45, 7) is 8.13. The van der Waals surface area contributed by atoms with Gasteiger partial charge in [0, 0.05) is 23.5 Å². The van der Waals surface area contributed by atoms with Crippen molar-refractivity contribution in [3.05, 3.63) is 53.6 Å². The van der Waals surface area contributed by atoms with E-state index in [0.29, 0.717) is 10.8 Å². The van der Waals surface area contributed by atoms with Gasteiger partial charge in [-0.05, 0) is 13.0 Å². The Morgan fingerprint density at radius 2 is 1.81 bits per heavy atom. The molecule has 0 aliphatic heterocycles. The van der Waals surface area contributed by atoms with Gasteiger partial charge in [-0.2, -0.15) is 0 Å². The predicted molar refractivity (Wildman–Crippen MR) is 121 cm³/mol. The highest BCUT2D eigenvalue weighted by Gasteiger charge is 2.18. The van der Waals surface area contributed by atoms with Crippen molar-refractivity contribution in [1.82, 2.24) is 34.8 Å². The highest BCUT2D eigenvalue weighted by molar-refractivity contribution is 7.15. The molecule has 4 heterocycles. The Kier molecular flexibility index (Phi) is 5.40. The molecule has 0 aliphatic rings. The van der Waals surface area contributed by atoms with E-state index < -0.39 is 0 Å². The van der Waals surface area contributed by atoms with Crippen LogP contribution in [-0.4, -0.2) is 35.4 Å². The van der Waals surface area contributed by atoms with Gasteiger partial charge < -0.3 is 15.2 Å². The Hall–Kier alpha value is -3.40. The number of fused-ring (bicyclic) bond motifs is 1. The number of nitrogens with zero attached hydrogens (tertiary/aromatic N) is 6. The van der Waals surface area contributed by atoms with Gasteiger partial charge >= 0.3 is 0 Å². The van der Waals surface area contributed by atoms with E-state index in [1.807, 2.05) is 18.5 Å². The van der Waals surface area contributed by atoms with Crippen LogP contribution >= 0.6 is 11.3 Å². The highest BCUT2D eigenvalue weighted by Crippen LogP contribution is 2.27. The first-order chi connectivity index (χ1) is 14.7. The monoisotopic (exact) mass is 436 g/mol. The maximum atomic E-state index is 12.7. The van der Waals surface area contributed by atoms with Crippen LogP contribution in [0.4, 0.5) is 10.8 Å². The average molecular weight is 437 g/mol. The van der Waals surface area contributed by atoms with Gasteiger partial charge in [-0.15, -0.1) is 0 Å². The molecular formula is C21H24N8OS. The summed E-state index contributed by atoms with van der Waals surface area (Å²) in [6.07, 6.45) is 8.56. The lowest BCUT2D eigenvalue weighted by molar-refractivity contribution is 0.0935. The standard InChI is InChI=1S/C21H24N8OS/c1-12(27-18(30)14-6-16-15(9-22-14)26-11-29(16)5)17-10-25-20(31-17)28-13-7-23-19(24-8-13)21(2,3)4/h6-12H,1-5H3,(H,25,28)(H,27,30)/t12-/m0/s1. The normalized spacial score (nSPS) is 12.7. The number of amides is 1. The van der Waals surface area contributed by atoms with Gasteiger partial charge in [-0.1, -0.05) is 32.1 Å². The van der Waals surface area contributed by atoms with Crippen molar-refractivity contribution in [3.63, 3.8) is 0 Å². The Labute approximate surface area is 184 Å². The molecule has 0 fully saturated rings. The maximum absolute atomic E-state index is 12.7. The Balaban J connectivity index is 1.42. The topological polar surface area (TPSA) is 111 Å². The van der Waals surface area contributed by atoms with E-state index in [0.717, 1.165) is 27.4 Å². The fourth-order valence-corrected chi connectivity index (χ4v) is 3.78. The zero-order valence-electron chi connectivity index (χ0n) is 18.0. The van der Waals surface area contributed by atoms with E-state index in [2.05, 4.69) is 56.3 Å². The number of hydrogen-bond donors (Lipinski definition) is 2. The highest BCUT2D eigenvalue weighted by atomic mass is 32.1. The van der Waals surface area contributed by atoms with Gasteiger partial charge in [0.05, 0.1) is 42.2 Å². The molecule has 31 heavy (non-hydrogen) atoms. The fraction of sp³-hybridized carbons (Fsp3) is 0.333. The number of pyridine rings is 1. The molecule has 0 spiro atoms. The minimum atomic E-state index is -0.246. The summed E-state index contributed by atoms with van der Waals surface area (Å²) in [4.78, 5) is 35.3. The number of carbonyl (C=O) groups excluding carboxylic acids is 1. The number of rotatable bonds is 5. The van der Waals surface area contributed by atoms with Crippen LogP contribution in [-0.2, 0) is 12.5 Å². The first-order valence-electron chi connectivity index (χ1n) is 9.84. The van der Waals surface area contributed by atoms with Gasteiger partial charge in [0.1, 0.15) is 17.0 Å².